The minimum atomic E-state index is -3.67. The first-order valence-electron chi connectivity index (χ1n) is 8.02. The van der Waals surface area contributed by atoms with Gasteiger partial charge in [-0.25, -0.2) is 13.2 Å². The molecular formula is C18H18N2O7S. The number of nitro benzene ring substituents is 1. The van der Waals surface area contributed by atoms with Crippen LogP contribution in [0.15, 0.2) is 41.3 Å². The average Bonchev–Trinajstić information content (AvgIpc) is 2.61. The molecule has 0 aliphatic heterocycles. The number of amides is 1. The zero-order valence-corrected chi connectivity index (χ0v) is 16.2. The molecule has 0 saturated heterocycles. The average molecular weight is 406 g/mol. The smallest absolute Gasteiger partial charge is 0.339 e. The van der Waals surface area contributed by atoms with Gasteiger partial charge in [-0.2, -0.15) is 0 Å². The van der Waals surface area contributed by atoms with Gasteiger partial charge in [0, 0.05) is 12.3 Å². The number of nitro groups is 1. The van der Waals surface area contributed by atoms with Crippen LogP contribution in [0.3, 0.4) is 0 Å². The lowest BCUT2D eigenvalue weighted by Gasteiger charge is -2.10. The van der Waals surface area contributed by atoms with Crippen LogP contribution in [0.25, 0.3) is 0 Å². The number of esters is 1. The van der Waals surface area contributed by atoms with E-state index >= 15 is 0 Å². The Labute approximate surface area is 161 Å². The van der Waals surface area contributed by atoms with Crippen LogP contribution in [0.2, 0.25) is 0 Å². The number of carbonyl (C=O) groups excluding carboxylic acids is 2. The Bertz CT molecular complexity index is 1060. The molecule has 0 atom stereocenters. The molecule has 0 aliphatic carbocycles. The topological polar surface area (TPSA) is 133 Å². The van der Waals surface area contributed by atoms with E-state index in [4.69, 9.17) is 4.74 Å². The molecule has 2 rings (SSSR count). The molecule has 0 radical (unpaired) electrons. The van der Waals surface area contributed by atoms with E-state index in [0.29, 0.717) is 5.56 Å². The van der Waals surface area contributed by atoms with Crippen molar-refractivity contribution in [3.63, 3.8) is 0 Å². The number of hydrogen-bond donors (Lipinski definition) is 1. The lowest BCUT2D eigenvalue weighted by Crippen LogP contribution is -2.22. The molecule has 9 nitrogen and oxygen atoms in total. The quantitative estimate of drug-likeness (QED) is 0.442. The SMILES string of the molecule is Cc1cc(NC(=O)COC(=O)c2ccccc2S(C)(=O)=O)c([N+](=O)[O-])cc1C. The predicted molar refractivity (Wildman–Crippen MR) is 101 cm³/mol. The number of anilines is 1. The number of nitrogens with zero attached hydrogens (tertiary/aromatic N) is 1. The molecule has 0 aromatic heterocycles. The van der Waals surface area contributed by atoms with E-state index < -0.39 is 33.2 Å². The fourth-order valence-corrected chi connectivity index (χ4v) is 3.28. The van der Waals surface area contributed by atoms with Crippen molar-refractivity contribution in [2.24, 2.45) is 0 Å². The molecule has 2 aromatic carbocycles. The van der Waals surface area contributed by atoms with E-state index in [1.807, 2.05) is 0 Å². The first-order chi connectivity index (χ1) is 13.0. The zero-order valence-electron chi connectivity index (χ0n) is 15.4. The number of rotatable bonds is 6. The minimum Gasteiger partial charge on any atom is -0.452 e. The van der Waals surface area contributed by atoms with Crippen molar-refractivity contribution in [3.05, 3.63) is 63.2 Å². The van der Waals surface area contributed by atoms with Gasteiger partial charge in [-0.15, -0.1) is 0 Å². The summed E-state index contributed by atoms with van der Waals surface area (Å²) in [7, 11) is -3.67. The predicted octanol–water partition coefficient (Wildman–Crippen LogP) is 2.41. The summed E-state index contributed by atoms with van der Waals surface area (Å²) < 4.78 is 28.4. The van der Waals surface area contributed by atoms with Gasteiger partial charge in [-0.05, 0) is 43.2 Å². The molecule has 0 saturated carbocycles. The van der Waals surface area contributed by atoms with Gasteiger partial charge in [-0.3, -0.25) is 14.9 Å². The molecule has 1 amide bonds. The van der Waals surface area contributed by atoms with Crippen LogP contribution in [-0.2, 0) is 19.4 Å². The highest BCUT2D eigenvalue weighted by molar-refractivity contribution is 7.90. The van der Waals surface area contributed by atoms with E-state index in [-0.39, 0.29) is 21.8 Å². The Balaban J connectivity index is 2.13. The number of carbonyl (C=O) groups is 2. The van der Waals surface area contributed by atoms with Crippen molar-refractivity contribution < 1.29 is 27.7 Å². The molecule has 0 heterocycles. The molecule has 148 valence electrons. The van der Waals surface area contributed by atoms with Crippen LogP contribution in [0, 0.1) is 24.0 Å². The first kappa shape index (κ1) is 21.0. The third-order valence-electron chi connectivity index (χ3n) is 3.92. The maximum atomic E-state index is 12.2. The van der Waals surface area contributed by atoms with E-state index in [0.717, 1.165) is 11.8 Å². The normalized spacial score (nSPS) is 11.0. The Kier molecular flexibility index (Phi) is 6.14. The second-order valence-electron chi connectivity index (χ2n) is 6.10. The molecule has 0 spiro atoms. The molecule has 0 aliphatic rings. The van der Waals surface area contributed by atoms with Gasteiger partial charge in [0.15, 0.2) is 16.4 Å². The van der Waals surface area contributed by atoms with Crippen molar-refractivity contribution >= 4 is 33.1 Å². The Morgan fingerprint density at radius 1 is 1.14 bits per heavy atom. The molecule has 0 unspecified atom stereocenters. The van der Waals surface area contributed by atoms with E-state index in [1.165, 1.54) is 36.4 Å². The van der Waals surface area contributed by atoms with Crippen molar-refractivity contribution in [2.45, 2.75) is 18.7 Å². The van der Waals surface area contributed by atoms with Crippen LogP contribution in [0.4, 0.5) is 11.4 Å². The number of nitrogens with one attached hydrogen (secondary N) is 1. The number of benzene rings is 2. The van der Waals surface area contributed by atoms with Crippen LogP contribution < -0.4 is 5.32 Å². The van der Waals surface area contributed by atoms with Crippen LogP contribution in [0.5, 0.6) is 0 Å². The summed E-state index contributed by atoms with van der Waals surface area (Å²) in [6, 6.07) is 8.23. The number of ether oxygens (including phenoxy) is 1. The lowest BCUT2D eigenvalue weighted by molar-refractivity contribution is -0.384. The highest BCUT2D eigenvalue weighted by Gasteiger charge is 2.21. The van der Waals surface area contributed by atoms with Crippen molar-refractivity contribution in [3.8, 4) is 0 Å². The van der Waals surface area contributed by atoms with Crippen LogP contribution in [0.1, 0.15) is 21.5 Å². The Morgan fingerprint density at radius 3 is 2.36 bits per heavy atom. The van der Waals surface area contributed by atoms with Gasteiger partial charge in [0.2, 0.25) is 0 Å². The summed E-state index contributed by atoms with van der Waals surface area (Å²) in [5, 5.41) is 13.5. The van der Waals surface area contributed by atoms with E-state index in [9.17, 15) is 28.1 Å². The lowest BCUT2D eigenvalue weighted by atomic mass is 10.1. The van der Waals surface area contributed by atoms with Gasteiger partial charge in [0.05, 0.1) is 15.4 Å². The molecule has 0 fully saturated rings. The van der Waals surface area contributed by atoms with Gasteiger partial charge < -0.3 is 10.1 Å². The first-order valence-corrected chi connectivity index (χ1v) is 9.91. The van der Waals surface area contributed by atoms with Crippen molar-refractivity contribution in [1.82, 2.24) is 0 Å². The third kappa shape index (κ3) is 4.92. The number of aryl methyl sites for hydroxylation is 2. The van der Waals surface area contributed by atoms with Gasteiger partial charge in [-0.1, -0.05) is 12.1 Å². The van der Waals surface area contributed by atoms with Crippen molar-refractivity contribution in [2.75, 3.05) is 18.2 Å². The number of sulfone groups is 1. The summed E-state index contributed by atoms with van der Waals surface area (Å²) in [5.74, 6) is -1.79. The summed E-state index contributed by atoms with van der Waals surface area (Å²) in [4.78, 5) is 34.6. The molecule has 1 N–H and O–H groups in total. The molecular weight excluding hydrogens is 388 g/mol. The van der Waals surface area contributed by atoms with Crippen LogP contribution >= 0.6 is 0 Å². The molecule has 10 heteroatoms. The Hall–Kier alpha value is -3.27. The summed E-state index contributed by atoms with van der Waals surface area (Å²) >= 11 is 0. The number of hydrogen-bond acceptors (Lipinski definition) is 7. The largest absolute Gasteiger partial charge is 0.452 e. The standard InChI is InChI=1S/C18H18N2O7S/c1-11-8-14(15(20(23)24)9-12(11)2)19-17(21)10-27-18(22)13-6-4-5-7-16(13)28(3,25)26/h4-9H,10H2,1-3H3,(H,19,21). The fraction of sp³-hybridized carbons (Fsp3) is 0.222. The maximum Gasteiger partial charge on any atom is 0.339 e. The molecule has 0 bridgehead atoms. The molecule has 2 aromatic rings. The second kappa shape index (κ2) is 8.17. The third-order valence-corrected chi connectivity index (χ3v) is 5.08. The second-order valence-corrected chi connectivity index (χ2v) is 8.09. The van der Waals surface area contributed by atoms with Crippen LogP contribution in [-0.4, -0.2) is 38.1 Å². The summed E-state index contributed by atoms with van der Waals surface area (Å²) in [6.45, 7) is 2.70. The van der Waals surface area contributed by atoms with Gasteiger partial charge in [0.25, 0.3) is 11.6 Å². The highest BCUT2D eigenvalue weighted by atomic mass is 32.2. The van der Waals surface area contributed by atoms with Gasteiger partial charge >= 0.3 is 5.97 Å². The minimum absolute atomic E-state index is 0.0225. The van der Waals surface area contributed by atoms with Gasteiger partial charge in [0.1, 0.15) is 5.69 Å². The Morgan fingerprint density at radius 2 is 1.75 bits per heavy atom. The highest BCUT2D eigenvalue weighted by Crippen LogP contribution is 2.27. The zero-order chi connectivity index (χ0) is 21.1. The fourth-order valence-electron chi connectivity index (χ4n) is 2.41. The van der Waals surface area contributed by atoms with E-state index in [2.05, 4.69) is 5.32 Å². The summed E-state index contributed by atoms with van der Waals surface area (Å²) in [5.41, 5.74) is 0.916. The van der Waals surface area contributed by atoms with Crippen molar-refractivity contribution in [1.29, 1.82) is 0 Å². The maximum absolute atomic E-state index is 12.2. The monoisotopic (exact) mass is 406 g/mol. The summed E-state index contributed by atoms with van der Waals surface area (Å²) in [6.07, 6.45) is 0.949. The molecule has 28 heavy (non-hydrogen) atoms. The van der Waals surface area contributed by atoms with E-state index in [1.54, 1.807) is 13.8 Å².